The van der Waals surface area contributed by atoms with Crippen molar-refractivity contribution >= 4 is 17.2 Å². The molecule has 2 atom stereocenters. The van der Waals surface area contributed by atoms with Crippen molar-refractivity contribution in [1.29, 1.82) is 0 Å². The molecule has 1 aliphatic rings. The third-order valence-electron chi connectivity index (χ3n) is 2.40. The van der Waals surface area contributed by atoms with E-state index in [1.165, 1.54) is 11.3 Å². The molecule has 1 aliphatic heterocycles. The molecule has 0 radical (unpaired) electrons. The maximum absolute atomic E-state index is 11.2. The quantitative estimate of drug-likeness (QED) is 0.596. The van der Waals surface area contributed by atoms with Gasteiger partial charge in [-0.25, -0.2) is 0 Å². The lowest BCUT2D eigenvalue weighted by molar-refractivity contribution is -0.529. The SMILES string of the molecule is O=C1CCC([N+](=O)[O-])C(c2cncs2)N1. The van der Waals surface area contributed by atoms with Gasteiger partial charge in [-0.05, 0) is 0 Å². The molecule has 0 bridgehead atoms. The standard InChI is InChI=1S/C8H9N3O3S/c12-7-2-1-5(11(13)14)8(10-7)6-3-9-4-15-6/h3-5,8H,1-2H2,(H,10,12). The molecule has 15 heavy (non-hydrogen) atoms. The van der Waals surface area contributed by atoms with Gasteiger partial charge in [0.2, 0.25) is 11.9 Å². The van der Waals surface area contributed by atoms with Crippen LogP contribution in [-0.2, 0) is 4.79 Å². The van der Waals surface area contributed by atoms with Gasteiger partial charge in [0, 0.05) is 24.0 Å². The smallest absolute Gasteiger partial charge is 0.238 e. The molecule has 7 heteroatoms. The van der Waals surface area contributed by atoms with Crippen LogP contribution in [0.4, 0.5) is 0 Å². The largest absolute Gasteiger partial charge is 0.342 e. The van der Waals surface area contributed by atoms with Crippen LogP contribution >= 0.6 is 11.3 Å². The minimum absolute atomic E-state index is 0.133. The lowest BCUT2D eigenvalue weighted by atomic mass is 9.98. The van der Waals surface area contributed by atoms with Gasteiger partial charge in [-0.1, -0.05) is 0 Å². The van der Waals surface area contributed by atoms with Crippen LogP contribution in [0.1, 0.15) is 23.8 Å². The molecule has 1 fully saturated rings. The number of thiazole rings is 1. The zero-order chi connectivity index (χ0) is 10.8. The fourth-order valence-electron chi connectivity index (χ4n) is 1.65. The number of piperidine rings is 1. The molecule has 0 spiro atoms. The van der Waals surface area contributed by atoms with Crippen molar-refractivity contribution in [2.75, 3.05) is 0 Å². The summed E-state index contributed by atoms with van der Waals surface area (Å²) in [4.78, 5) is 26.3. The molecule has 1 N–H and O–H groups in total. The number of nitrogens with one attached hydrogen (secondary N) is 1. The van der Waals surface area contributed by atoms with Crippen LogP contribution in [0.3, 0.4) is 0 Å². The third kappa shape index (κ3) is 1.96. The average Bonchev–Trinajstić information content (AvgIpc) is 2.69. The second-order valence-corrected chi connectivity index (χ2v) is 4.26. The van der Waals surface area contributed by atoms with Crippen LogP contribution in [-0.4, -0.2) is 21.9 Å². The van der Waals surface area contributed by atoms with E-state index in [1.54, 1.807) is 11.7 Å². The van der Waals surface area contributed by atoms with Gasteiger partial charge in [-0.3, -0.25) is 19.9 Å². The molecule has 2 heterocycles. The van der Waals surface area contributed by atoms with E-state index >= 15 is 0 Å². The van der Waals surface area contributed by atoms with Crippen molar-refractivity contribution in [3.63, 3.8) is 0 Å². The zero-order valence-electron chi connectivity index (χ0n) is 7.75. The summed E-state index contributed by atoms with van der Waals surface area (Å²) in [7, 11) is 0. The second kappa shape index (κ2) is 3.93. The molecule has 1 saturated heterocycles. The van der Waals surface area contributed by atoms with E-state index < -0.39 is 12.1 Å². The molecule has 1 aromatic rings. The maximum Gasteiger partial charge on any atom is 0.238 e. The maximum atomic E-state index is 11.2. The molecule has 2 unspecified atom stereocenters. The van der Waals surface area contributed by atoms with Gasteiger partial charge in [-0.2, -0.15) is 0 Å². The number of carbonyl (C=O) groups is 1. The van der Waals surface area contributed by atoms with Crippen molar-refractivity contribution in [3.8, 4) is 0 Å². The number of rotatable bonds is 2. The summed E-state index contributed by atoms with van der Waals surface area (Å²) in [5.74, 6) is -0.133. The topological polar surface area (TPSA) is 85.1 Å². The van der Waals surface area contributed by atoms with Gasteiger partial charge in [0.05, 0.1) is 10.4 Å². The number of nitro groups is 1. The van der Waals surface area contributed by atoms with Crippen molar-refractivity contribution in [1.82, 2.24) is 10.3 Å². The Balaban J connectivity index is 2.24. The average molecular weight is 227 g/mol. The van der Waals surface area contributed by atoms with E-state index in [2.05, 4.69) is 10.3 Å². The van der Waals surface area contributed by atoms with Crippen molar-refractivity contribution < 1.29 is 9.72 Å². The van der Waals surface area contributed by atoms with Crippen molar-refractivity contribution in [3.05, 3.63) is 26.7 Å². The summed E-state index contributed by atoms with van der Waals surface area (Å²) >= 11 is 1.32. The van der Waals surface area contributed by atoms with Crippen molar-refractivity contribution in [2.24, 2.45) is 0 Å². The number of hydrogen-bond donors (Lipinski definition) is 1. The predicted molar refractivity (Wildman–Crippen MR) is 53.0 cm³/mol. The Morgan fingerprint density at radius 1 is 1.67 bits per heavy atom. The number of hydrogen-bond acceptors (Lipinski definition) is 5. The van der Waals surface area contributed by atoms with E-state index in [1.807, 2.05) is 0 Å². The molecule has 0 aliphatic carbocycles. The first-order valence-electron chi connectivity index (χ1n) is 4.49. The molecule has 1 aromatic heterocycles. The molecular weight excluding hydrogens is 218 g/mol. The third-order valence-corrected chi connectivity index (χ3v) is 3.26. The number of amides is 1. The monoisotopic (exact) mass is 227 g/mol. The van der Waals surface area contributed by atoms with E-state index in [4.69, 9.17) is 0 Å². The minimum Gasteiger partial charge on any atom is -0.342 e. The van der Waals surface area contributed by atoms with Gasteiger partial charge in [-0.15, -0.1) is 11.3 Å². The highest BCUT2D eigenvalue weighted by Crippen LogP contribution is 2.28. The molecule has 0 aromatic carbocycles. The fourth-order valence-corrected chi connectivity index (χ4v) is 2.38. The Labute approximate surface area is 89.5 Å². The summed E-state index contributed by atoms with van der Waals surface area (Å²) in [6.45, 7) is 0. The summed E-state index contributed by atoms with van der Waals surface area (Å²) in [5, 5.41) is 13.4. The second-order valence-electron chi connectivity index (χ2n) is 3.34. The van der Waals surface area contributed by atoms with Gasteiger partial charge < -0.3 is 5.32 Å². The van der Waals surface area contributed by atoms with E-state index in [-0.39, 0.29) is 17.3 Å². The Hall–Kier alpha value is -1.50. The normalized spacial score (nSPS) is 26.0. The van der Waals surface area contributed by atoms with E-state index in [0.29, 0.717) is 6.42 Å². The molecule has 2 rings (SSSR count). The Morgan fingerprint density at radius 2 is 2.47 bits per heavy atom. The summed E-state index contributed by atoms with van der Waals surface area (Å²) < 4.78 is 0. The number of carbonyl (C=O) groups excluding carboxylic acids is 1. The molecule has 0 saturated carbocycles. The minimum atomic E-state index is -0.733. The summed E-state index contributed by atoms with van der Waals surface area (Å²) in [6.07, 6.45) is 2.08. The lowest BCUT2D eigenvalue weighted by Gasteiger charge is -2.25. The lowest BCUT2D eigenvalue weighted by Crippen LogP contribution is -2.44. The molecular formula is C8H9N3O3S. The van der Waals surface area contributed by atoms with Crippen molar-refractivity contribution in [2.45, 2.75) is 24.9 Å². The van der Waals surface area contributed by atoms with Gasteiger partial charge in [0.15, 0.2) is 0 Å². The highest BCUT2D eigenvalue weighted by molar-refractivity contribution is 7.09. The Morgan fingerprint density at radius 3 is 3.07 bits per heavy atom. The van der Waals surface area contributed by atoms with Crippen LogP contribution < -0.4 is 5.32 Å². The highest BCUT2D eigenvalue weighted by atomic mass is 32.1. The van der Waals surface area contributed by atoms with Gasteiger partial charge in [0.25, 0.3) is 0 Å². The van der Waals surface area contributed by atoms with E-state index in [0.717, 1.165) is 4.88 Å². The number of aromatic nitrogens is 1. The predicted octanol–water partition coefficient (Wildman–Crippen LogP) is 0.739. The molecule has 6 nitrogen and oxygen atoms in total. The van der Waals surface area contributed by atoms with Crippen LogP contribution in [0.15, 0.2) is 11.7 Å². The molecule has 1 amide bonds. The fraction of sp³-hybridized carbons (Fsp3) is 0.500. The molecule has 80 valence electrons. The first-order valence-corrected chi connectivity index (χ1v) is 5.37. The Bertz CT molecular complexity index is 378. The summed E-state index contributed by atoms with van der Waals surface area (Å²) in [5.41, 5.74) is 1.60. The number of nitrogens with zero attached hydrogens (tertiary/aromatic N) is 2. The first kappa shape index (κ1) is 10.0. The zero-order valence-corrected chi connectivity index (χ0v) is 8.57. The van der Waals surface area contributed by atoms with Crippen LogP contribution in [0.5, 0.6) is 0 Å². The summed E-state index contributed by atoms with van der Waals surface area (Å²) in [6, 6.07) is -1.25. The first-order chi connectivity index (χ1) is 7.18. The van der Waals surface area contributed by atoms with Crippen LogP contribution in [0.25, 0.3) is 0 Å². The van der Waals surface area contributed by atoms with Gasteiger partial charge in [0.1, 0.15) is 6.04 Å². The highest BCUT2D eigenvalue weighted by Gasteiger charge is 2.38. The van der Waals surface area contributed by atoms with E-state index in [9.17, 15) is 14.9 Å². The Kier molecular flexibility index (Phi) is 2.63. The van der Waals surface area contributed by atoms with Crippen LogP contribution in [0, 0.1) is 10.1 Å². The van der Waals surface area contributed by atoms with Crippen LogP contribution in [0.2, 0.25) is 0 Å². The van der Waals surface area contributed by atoms with Gasteiger partial charge >= 0.3 is 0 Å².